The molecule has 0 unspecified atom stereocenters. The molecule has 0 atom stereocenters. The van der Waals surface area contributed by atoms with Crippen LogP contribution in [-0.4, -0.2) is 11.7 Å². The van der Waals surface area contributed by atoms with Crippen LogP contribution in [0.2, 0.25) is 0 Å². The number of carbonyl (C=O) groups is 2. The number of nitrogen functional groups attached to an aromatic ring is 1. The zero-order chi connectivity index (χ0) is 20.9. The molecule has 0 spiro atoms. The van der Waals surface area contributed by atoms with Crippen molar-refractivity contribution in [2.24, 2.45) is 0 Å². The third-order valence-electron chi connectivity index (χ3n) is 5.16. The predicted octanol–water partition coefficient (Wildman–Crippen LogP) is 5.49. The average Bonchev–Trinajstić information content (AvgIpc) is 2.79. The molecular weight excluding hydrogens is 372 g/mol. The molecule has 0 saturated carbocycles. The Morgan fingerprint density at radius 1 is 0.767 bits per heavy atom. The van der Waals surface area contributed by atoms with E-state index in [2.05, 4.69) is 5.32 Å². The normalized spacial score (nSPS) is 10.7. The first-order chi connectivity index (χ1) is 14.6. The number of fused-ring (bicyclic) bond motifs is 1. The molecule has 0 radical (unpaired) electrons. The van der Waals surface area contributed by atoms with E-state index in [4.69, 9.17) is 5.73 Å². The van der Waals surface area contributed by atoms with Crippen molar-refractivity contribution in [2.45, 2.75) is 12.8 Å². The number of amides is 1. The molecule has 148 valence electrons. The highest BCUT2D eigenvalue weighted by Gasteiger charge is 2.11. The van der Waals surface area contributed by atoms with Gasteiger partial charge in [0.1, 0.15) is 0 Å². The van der Waals surface area contributed by atoms with Gasteiger partial charge < -0.3 is 11.1 Å². The monoisotopic (exact) mass is 394 g/mol. The van der Waals surface area contributed by atoms with Gasteiger partial charge in [-0.1, -0.05) is 66.7 Å². The topological polar surface area (TPSA) is 72.2 Å². The van der Waals surface area contributed by atoms with E-state index in [1.807, 2.05) is 66.7 Å². The third kappa shape index (κ3) is 4.23. The summed E-state index contributed by atoms with van der Waals surface area (Å²) in [5, 5.41) is 4.87. The highest BCUT2D eigenvalue weighted by Crippen LogP contribution is 2.21. The van der Waals surface area contributed by atoms with E-state index in [1.54, 1.807) is 24.3 Å². The van der Waals surface area contributed by atoms with Crippen molar-refractivity contribution in [3.8, 4) is 0 Å². The Balaban J connectivity index is 1.40. The maximum absolute atomic E-state index is 12.8. The summed E-state index contributed by atoms with van der Waals surface area (Å²) in [7, 11) is 0. The quantitative estimate of drug-likeness (QED) is 0.335. The molecule has 1 amide bonds. The second kappa shape index (κ2) is 8.62. The number of para-hydroxylation sites is 2. The van der Waals surface area contributed by atoms with Crippen LogP contribution < -0.4 is 11.1 Å². The summed E-state index contributed by atoms with van der Waals surface area (Å²) in [4.78, 5) is 25.2. The van der Waals surface area contributed by atoms with Crippen molar-refractivity contribution >= 4 is 33.8 Å². The van der Waals surface area contributed by atoms with Gasteiger partial charge in [-0.25, -0.2) is 0 Å². The number of nitrogens with one attached hydrogen (secondary N) is 1. The number of ketones is 1. The second-order valence-corrected chi connectivity index (χ2v) is 7.19. The van der Waals surface area contributed by atoms with Gasteiger partial charge in [-0.2, -0.15) is 0 Å². The molecule has 0 aliphatic carbocycles. The lowest BCUT2D eigenvalue weighted by Crippen LogP contribution is -2.13. The van der Waals surface area contributed by atoms with Gasteiger partial charge in [-0.3, -0.25) is 9.59 Å². The Morgan fingerprint density at radius 3 is 2.27 bits per heavy atom. The number of nitrogens with two attached hydrogens (primary N) is 1. The maximum atomic E-state index is 12.8. The lowest BCUT2D eigenvalue weighted by Gasteiger charge is -2.09. The van der Waals surface area contributed by atoms with E-state index in [-0.39, 0.29) is 11.7 Å². The SMILES string of the molecule is Nc1ccccc1NC(=O)c1ccc(CCC(=O)c2cccc3ccccc23)cc1. The molecule has 3 N–H and O–H groups in total. The van der Waals surface area contributed by atoms with Crippen LogP contribution in [0.3, 0.4) is 0 Å². The van der Waals surface area contributed by atoms with E-state index in [9.17, 15) is 9.59 Å². The van der Waals surface area contributed by atoms with Crippen LogP contribution in [0.5, 0.6) is 0 Å². The zero-order valence-corrected chi connectivity index (χ0v) is 16.5. The predicted molar refractivity (Wildman–Crippen MR) is 122 cm³/mol. The second-order valence-electron chi connectivity index (χ2n) is 7.19. The fraction of sp³-hybridized carbons (Fsp3) is 0.0769. The largest absolute Gasteiger partial charge is 0.397 e. The van der Waals surface area contributed by atoms with Gasteiger partial charge in [0.05, 0.1) is 11.4 Å². The molecule has 4 heteroatoms. The van der Waals surface area contributed by atoms with Gasteiger partial charge in [0.2, 0.25) is 0 Å². The van der Waals surface area contributed by atoms with Gasteiger partial charge in [0.25, 0.3) is 5.91 Å². The minimum atomic E-state index is -0.216. The Hall–Kier alpha value is -3.92. The molecule has 0 aromatic heterocycles. The Labute approximate surface area is 175 Å². The highest BCUT2D eigenvalue weighted by atomic mass is 16.1. The number of hydrogen-bond donors (Lipinski definition) is 2. The fourth-order valence-corrected chi connectivity index (χ4v) is 3.49. The van der Waals surface area contributed by atoms with Crippen molar-refractivity contribution in [2.75, 3.05) is 11.1 Å². The first kappa shape index (κ1) is 19.4. The molecule has 0 saturated heterocycles. The highest BCUT2D eigenvalue weighted by molar-refractivity contribution is 6.08. The van der Waals surface area contributed by atoms with Crippen LogP contribution in [0, 0.1) is 0 Å². The van der Waals surface area contributed by atoms with E-state index in [0.717, 1.165) is 21.9 Å². The molecule has 0 heterocycles. The summed E-state index contributed by atoms with van der Waals surface area (Å²) < 4.78 is 0. The smallest absolute Gasteiger partial charge is 0.255 e. The zero-order valence-electron chi connectivity index (χ0n) is 16.5. The lowest BCUT2D eigenvalue weighted by atomic mass is 9.97. The Kier molecular flexibility index (Phi) is 5.57. The maximum Gasteiger partial charge on any atom is 0.255 e. The van der Waals surface area contributed by atoms with Gasteiger partial charge in [-0.15, -0.1) is 0 Å². The van der Waals surface area contributed by atoms with E-state index < -0.39 is 0 Å². The molecule has 0 aliphatic heterocycles. The van der Waals surface area contributed by atoms with Crippen LogP contribution in [0.15, 0.2) is 91.0 Å². The van der Waals surface area contributed by atoms with Crippen LogP contribution in [0.25, 0.3) is 10.8 Å². The van der Waals surface area contributed by atoms with Gasteiger partial charge in [-0.05, 0) is 47.0 Å². The van der Waals surface area contributed by atoms with E-state index in [0.29, 0.717) is 29.8 Å². The Morgan fingerprint density at radius 2 is 1.47 bits per heavy atom. The molecule has 4 nitrogen and oxygen atoms in total. The summed E-state index contributed by atoms with van der Waals surface area (Å²) in [5.41, 5.74) is 9.30. The summed E-state index contributed by atoms with van der Waals surface area (Å²) in [6, 6.07) is 28.2. The minimum absolute atomic E-state index is 0.119. The van der Waals surface area contributed by atoms with Crippen molar-refractivity contribution in [3.05, 3.63) is 108 Å². The standard InChI is InChI=1S/C26H22N2O2/c27-23-10-3-4-11-24(23)28-26(30)20-15-12-18(13-16-20)14-17-25(29)22-9-5-7-19-6-1-2-8-21(19)22/h1-13,15-16H,14,17,27H2,(H,28,30). The summed E-state index contributed by atoms with van der Waals surface area (Å²) in [6.07, 6.45) is 1.04. The lowest BCUT2D eigenvalue weighted by molar-refractivity contribution is 0.0982. The Bertz CT molecular complexity index is 1210. The summed E-state index contributed by atoms with van der Waals surface area (Å²) >= 11 is 0. The molecule has 0 aliphatic rings. The summed E-state index contributed by atoms with van der Waals surface area (Å²) in [5.74, 6) is -0.0977. The third-order valence-corrected chi connectivity index (χ3v) is 5.16. The number of carbonyl (C=O) groups excluding carboxylic acids is 2. The van der Waals surface area contributed by atoms with Crippen LogP contribution in [0.4, 0.5) is 11.4 Å². The van der Waals surface area contributed by atoms with E-state index in [1.165, 1.54) is 0 Å². The number of Topliss-reactive ketones (excluding diaryl/α,β-unsaturated/α-hetero) is 1. The first-order valence-electron chi connectivity index (χ1n) is 9.87. The van der Waals surface area contributed by atoms with Crippen molar-refractivity contribution in [3.63, 3.8) is 0 Å². The van der Waals surface area contributed by atoms with Crippen LogP contribution in [-0.2, 0) is 6.42 Å². The van der Waals surface area contributed by atoms with E-state index >= 15 is 0 Å². The number of benzene rings is 4. The molecular formula is C26H22N2O2. The number of rotatable bonds is 6. The molecule has 4 aromatic carbocycles. The molecule has 0 fully saturated rings. The number of anilines is 2. The van der Waals surface area contributed by atoms with Gasteiger partial charge in [0.15, 0.2) is 5.78 Å². The van der Waals surface area contributed by atoms with Crippen molar-refractivity contribution in [1.29, 1.82) is 0 Å². The first-order valence-corrected chi connectivity index (χ1v) is 9.87. The molecule has 4 aromatic rings. The average molecular weight is 394 g/mol. The number of hydrogen-bond acceptors (Lipinski definition) is 3. The molecule has 4 rings (SSSR count). The molecule has 30 heavy (non-hydrogen) atoms. The van der Waals surface area contributed by atoms with Crippen LogP contribution >= 0.6 is 0 Å². The van der Waals surface area contributed by atoms with Gasteiger partial charge >= 0.3 is 0 Å². The van der Waals surface area contributed by atoms with Crippen molar-refractivity contribution < 1.29 is 9.59 Å². The van der Waals surface area contributed by atoms with Gasteiger partial charge in [0, 0.05) is 17.5 Å². The minimum Gasteiger partial charge on any atom is -0.397 e. The fourth-order valence-electron chi connectivity index (χ4n) is 3.49. The molecule has 0 bridgehead atoms. The van der Waals surface area contributed by atoms with Crippen molar-refractivity contribution in [1.82, 2.24) is 0 Å². The number of aryl methyl sites for hydroxylation is 1. The van der Waals surface area contributed by atoms with Crippen LogP contribution in [0.1, 0.15) is 32.7 Å². The summed E-state index contributed by atoms with van der Waals surface area (Å²) in [6.45, 7) is 0.